The maximum absolute atomic E-state index is 5.01. The number of aromatic nitrogens is 4. The number of likely N-dealkylation sites (N-methyl/N-ethyl adjacent to an activating group) is 1. The fourth-order valence-corrected chi connectivity index (χ4v) is 4.88. The van der Waals surface area contributed by atoms with Crippen molar-refractivity contribution in [2.45, 2.75) is 43.7 Å². The van der Waals surface area contributed by atoms with Gasteiger partial charge in [-0.05, 0) is 58.0 Å². The number of fused-ring (bicyclic) bond motifs is 1. The molecule has 31 heavy (non-hydrogen) atoms. The minimum Gasteiger partial charge on any atom is -0.369 e. The molecule has 0 amide bonds. The van der Waals surface area contributed by atoms with Crippen LogP contribution in [0, 0.1) is 0 Å². The van der Waals surface area contributed by atoms with E-state index in [1.54, 1.807) is 0 Å². The van der Waals surface area contributed by atoms with E-state index in [4.69, 9.17) is 15.1 Å². The van der Waals surface area contributed by atoms with Crippen LogP contribution in [0.3, 0.4) is 0 Å². The third kappa shape index (κ3) is 3.59. The lowest BCUT2D eigenvalue weighted by atomic mass is 9.87. The van der Waals surface area contributed by atoms with Gasteiger partial charge in [0.25, 0.3) is 0 Å². The van der Waals surface area contributed by atoms with Gasteiger partial charge in [0, 0.05) is 55.6 Å². The molecule has 0 atom stereocenters. The molecule has 3 heterocycles. The Morgan fingerprint density at radius 3 is 2.58 bits per heavy atom. The second-order valence-corrected chi connectivity index (χ2v) is 9.51. The molecular weight excluding hydrogens is 386 g/mol. The first-order valence-electron chi connectivity index (χ1n) is 11.6. The van der Waals surface area contributed by atoms with Crippen molar-refractivity contribution < 1.29 is 0 Å². The van der Waals surface area contributed by atoms with E-state index in [2.05, 4.69) is 51.2 Å². The van der Waals surface area contributed by atoms with Gasteiger partial charge in [-0.2, -0.15) is 5.10 Å². The van der Waals surface area contributed by atoms with Crippen molar-refractivity contribution in [3.05, 3.63) is 36.3 Å². The lowest BCUT2D eigenvalue weighted by molar-refractivity contribution is 0.219. The number of rotatable bonds is 5. The highest BCUT2D eigenvalue weighted by Gasteiger charge is 2.34. The molecular formula is C24H31N7. The van der Waals surface area contributed by atoms with Crippen molar-refractivity contribution in [1.29, 1.82) is 0 Å². The highest BCUT2D eigenvalue weighted by atomic mass is 15.3. The van der Waals surface area contributed by atoms with Crippen LogP contribution in [-0.2, 0) is 0 Å². The molecule has 3 fully saturated rings. The van der Waals surface area contributed by atoms with Crippen LogP contribution in [0.2, 0.25) is 0 Å². The zero-order chi connectivity index (χ0) is 20.9. The number of hydrogen-bond acceptors (Lipinski definition) is 6. The summed E-state index contributed by atoms with van der Waals surface area (Å²) in [5.41, 5.74) is 6.53. The normalized spacial score (nSPS) is 24.5. The molecule has 1 saturated heterocycles. The zero-order valence-corrected chi connectivity index (χ0v) is 18.5. The molecule has 2 aliphatic carbocycles. The predicted molar refractivity (Wildman–Crippen MR) is 124 cm³/mol. The van der Waals surface area contributed by atoms with E-state index >= 15 is 0 Å². The van der Waals surface area contributed by atoms with Gasteiger partial charge >= 0.3 is 0 Å². The van der Waals surface area contributed by atoms with Gasteiger partial charge < -0.3 is 15.1 Å². The largest absolute Gasteiger partial charge is 0.369 e. The Morgan fingerprint density at radius 1 is 1.03 bits per heavy atom. The average molecular weight is 418 g/mol. The fourth-order valence-electron chi connectivity index (χ4n) is 4.88. The van der Waals surface area contributed by atoms with Crippen LogP contribution in [0.4, 0.5) is 5.69 Å². The van der Waals surface area contributed by atoms with Gasteiger partial charge in [-0.25, -0.2) is 4.98 Å². The Hall–Kier alpha value is -2.51. The molecule has 0 radical (unpaired) electrons. The van der Waals surface area contributed by atoms with Gasteiger partial charge in [0.2, 0.25) is 0 Å². The molecule has 0 unspecified atom stereocenters. The summed E-state index contributed by atoms with van der Waals surface area (Å²) in [7, 11) is 4.23. The van der Waals surface area contributed by atoms with E-state index in [0.717, 1.165) is 55.7 Å². The SMILES string of the molecule is CN[C@H]1C[C@H](n2cc(-c3cnc4cc(N5CCN(C)CC5)ccc4n3)c(C3CC3)n2)C1. The number of piperazine rings is 1. The molecule has 1 aromatic carbocycles. The van der Waals surface area contributed by atoms with E-state index in [1.807, 2.05) is 13.2 Å². The van der Waals surface area contributed by atoms with Crippen molar-refractivity contribution in [2.75, 3.05) is 45.2 Å². The van der Waals surface area contributed by atoms with Crippen LogP contribution < -0.4 is 10.2 Å². The fraction of sp³-hybridized carbons (Fsp3) is 0.542. The zero-order valence-electron chi connectivity index (χ0n) is 18.5. The molecule has 3 aromatic rings. The number of anilines is 1. The summed E-state index contributed by atoms with van der Waals surface area (Å²) in [6.45, 7) is 4.33. The molecule has 6 rings (SSSR count). The quantitative estimate of drug-likeness (QED) is 0.689. The van der Waals surface area contributed by atoms with Crippen molar-refractivity contribution >= 4 is 16.7 Å². The molecule has 1 aliphatic heterocycles. The second kappa shape index (κ2) is 7.57. The maximum Gasteiger partial charge on any atom is 0.0927 e. The first-order valence-corrected chi connectivity index (χ1v) is 11.6. The third-order valence-electron chi connectivity index (χ3n) is 7.29. The van der Waals surface area contributed by atoms with Crippen molar-refractivity contribution in [3.8, 4) is 11.3 Å². The van der Waals surface area contributed by atoms with Gasteiger partial charge in [0.15, 0.2) is 0 Å². The Morgan fingerprint density at radius 2 is 1.84 bits per heavy atom. The number of benzene rings is 1. The minimum atomic E-state index is 0.503. The minimum absolute atomic E-state index is 0.503. The molecule has 7 nitrogen and oxygen atoms in total. The van der Waals surface area contributed by atoms with Gasteiger partial charge in [-0.15, -0.1) is 0 Å². The van der Waals surface area contributed by atoms with Gasteiger partial charge in [-0.3, -0.25) is 9.67 Å². The number of hydrogen-bond donors (Lipinski definition) is 1. The standard InChI is InChI=1S/C24H31N7/c1-25-17-11-19(12-17)31-15-20(24(28-31)16-3-4-16)23-14-26-22-13-18(5-6-21(22)27-23)30-9-7-29(2)8-10-30/h5-6,13-17,19,25H,3-4,7-12H2,1-2H3/t17-,19-. The van der Waals surface area contributed by atoms with E-state index in [0.29, 0.717) is 18.0 Å². The number of nitrogens with one attached hydrogen (secondary N) is 1. The Bertz CT molecular complexity index is 1090. The van der Waals surface area contributed by atoms with Gasteiger partial charge in [0.1, 0.15) is 0 Å². The molecule has 162 valence electrons. The highest BCUT2D eigenvalue weighted by molar-refractivity contribution is 5.81. The van der Waals surface area contributed by atoms with Gasteiger partial charge in [0.05, 0.1) is 34.7 Å². The summed E-state index contributed by atoms with van der Waals surface area (Å²) in [6, 6.07) is 7.64. The Labute approximate surface area is 183 Å². The monoisotopic (exact) mass is 417 g/mol. The van der Waals surface area contributed by atoms with Crippen molar-refractivity contribution in [1.82, 2.24) is 30.0 Å². The molecule has 0 spiro atoms. The molecule has 2 aromatic heterocycles. The maximum atomic E-state index is 5.01. The summed E-state index contributed by atoms with van der Waals surface area (Å²) in [5.74, 6) is 0.591. The van der Waals surface area contributed by atoms with Crippen molar-refractivity contribution in [2.24, 2.45) is 0 Å². The lowest BCUT2D eigenvalue weighted by Gasteiger charge is -2.35. The molecule has 0 bridgehead atoms. The Kier molecular flexibility index (Phi) is 4.69. The van der Waals surface area contributed by atoms with Crippen LogP contribution >= 0.6 is 0 Å². The smallest absolute Gasteiger partial charge is 0.0927 e. The lowest BCUT2D eigenvalue weighted by Crippen LogP contribution is -2.44. The second-order valence-electron chi connectivity index (χ2n) is 9.51. The van der Waals surface area contributed by atoms with Crippen LogP contribution in [0.1, 0.15) is 43.3 Å². The molecule has 2 saturated carbocycles. The summed E-state index contributed by atoms with van der Waals surface area (Å²) in [5, 5.41) is 8.38. The van der Waals surface area contributed by atoms with E-state index in [1.165, 1.54) is 29.8 Å². The molecule has 1 N–H and O–H groups in total. The molecule has 7 heteroatoms. The van der Waals surface area contributed by atoms with Crippen LogP contribution in [0.15, 0.2) is 30.6 Å². The Balaban J connectivity index is 1.29. The summed E-state index contributed by atoms with van der Waals surface area (Å²) in [4.78, 5) is 14.6. The van der Waals surface area contributed by atoms with Crippen LogP contribution in [0.25, 0.3) is 22.3 Å². The van der Waals surface area contributed by atoms with Crippen LogP contribution in [-0.4, -0.2) is 71.0 Å². The topological polar surface area (TPSA) is 62.1 Å². The molecule has 3 aliphatic rings. The van der Waals surface area contributed by atoms with Gasteiger partial charge in [-0.1, -0.05) is 0 Å². The highest BCUT2D eigenvalue weighted by Crippen LogP contribution is 2.44. The van der Waals surface area contributed by atoms with Crippen LogP contribution in [0.5, 0.6) is 0 Å². The number of nitrogens with zero attached hydrogens (tertiary/aromatic N) is 6. The summed E-state index contributed by atoms with van der Waals surface area (Å²) >= 11 is 0. The summed E-state index contributed by atoms with van der Waals surface area (Å²) < 4.78 is 2.19. The van der Waals surface area contributed by atoms with E-state index < -0.39 is 0 Å². The third-order valence-corrected chi connectivity index (χ3v) is 7.29. The van der Waals surface area contributed by atoms with E-state index in [9.17, 15) is 0 Å². The first-order chi connectivity index (χ1) is 15.2. The average Bonchev–Trinajstić information content (AvgIpc) is 3.52. The van der Waals surface area contributed by atoms with E-state index in [-0.39, 0.29) is 0 Å². The van der Waals surface area contributed by atoms with Crippen molar-refractivity contribution in [3.63, 3.8) is 0 Å². The first kappa shape index (κ1) is 19.2. The summed E-state index contributed by atoms with van der Waals surface area (Å²) in [6.07, 6.45) is 8.95. The predicted octanol–water partition coefficient (Wildman–Crippen LogP) is 3.05.